The van der Waals surface area contributed by atoms with Gasteiger partial charge in [0, 0.05) is 19.2 Å². The molecule has 4 nitrogen and oxygen atoms in total. The Hall–Kier alpha value is -1.32. The predicted octanol–water partition coefficient (Wildman–Crippen LogP) is 0.918. The van der Waals surface area contributed by atoms with Crippen molar-refractivity contribution in [3.05, 3.63) is 17.2 Å². The van der Waals surface area contributed by atoms with Crippen molar-refractivity contribution in [3.8, 4) is 0 Å². The van der Waals surface area contributed by atoms with Gasteiger partial charge < -0.3 is 9.67 Å². The number of rotatable bonds is 3. The molecule has 0 fully saturated rings. The van der Waals surface area contributed by atoms with E-state index < -0.39 is 5.97 Å². The molecule has 0 unspecified atom stereocenters. The molecular weight excluding hydrogens is 168 g/mol. The molecule has 0 aliphatic carbocycles. The first-order valence-corrected chi connectivity index (χ1v) is 4.29. The third-order valence-corrected chi connectivity index (χ3v) is 2.21. The van der Waals surface area contributed by atoms with Gasteiger partial charge in [-0.25, -0.2) is 4.98 Å². The number of carboxylic acids is 1. The van der Waals surface area contributed by atoms with E-state index in [0.717, 1.165) is 17.9 Å². The Kier molecular flexibility index (Phi) is 2.70. The van der Waals surface area contributed by atoms with Crippen molar-refractivity contribution in [2.45, 2.75) is 26.7 Å². The number of aryl methyl sites for hydroxylation is 1. The molecule has 72 valence electrons. The lowest BCUT2D eigenvalue weighted by molar-refractivity contribution is -0.136. The van der Waals surface area contributed by atoms with E-state index in [1.807, 2.05) is 25.5 Å². The van der Waals surface area contributed by atoms with Gasteiger partial charge in [-0.15, -0.1) is 0 Å². The molecule has 0 atom stereocenters. The molecular formula is C9H14N2O2. The fourth-order valence-corrected chi connectivity index (χ4v) is 1.33. The van der Waals surface area contributed by atoms with Crippen LogP contribution in [-0.4, -0.2) is 20.6 Å². The zero-order valence-corrected chi connectivity index (χ0v) is 8.16. The zero-order chi connectivity index (χ0) is 10.0. The average Bonchev–Trinajstić information content (AvgIpc) is 2.32. The molecule has 1 rings (SSSR count). The maximum absolute atomic E-state index is 10.5. The Morgan fingerprint density at radius 3 is 2.62 bits per heavy atom. The van der Waals surface area contributed by atoms with Crippen LogP contribution in [0.4, 0.5) is 0 Å². The Labute approximate surface area is 77.2 Å². The fourth-order valence-electron chi connectivity index (χ4n) is 1.33. The molecule has 0 spiro atoms. The third-order valence-electron chi connectivity index (χ3n) is 2.21. The van der Waals surface area contributed by atoms with Gasteiger partial charge in [0.2, 0.25) is 0 Å². The molecule has 4 heteroatoms. The normalized spacial score (nSPS) is 10.4. The summed E-state index contributed by atoms with van der Waals surface area (Å²) in [6.45, 7) is 3.90. The molecule has 1 N–H and O–H groups in total. The highest BCUT2D eigenvalue weighted by molar-refractivity contribution is 5.69. The third kappa shape index (κ3) is 1.88. The standard InChI is InChI=1S/C9H14N2O2/c1-4-8-10-7(5-9(12)13)6(2)11(8)3/h4-5H2,1-3H3,(H,12,13). The number of hydrogen-bond donors (Lipinski definition) is 1. The van der Waals surface area contributed by atoms with Gasteiger partial charge in [0.25, 0.3) is 0 Å². The van der Waals surface area contributed by atoms with Gasteiger partial charge in [-0.3, -0.25) is 4.79 Å². The van der Waals surface area contributed by atoms with Crippen LogP contribution in [0, 0.1) is 6.92 Å². The summed E-state index contributed by atoms with van der Waals surface area (Å²) in [6, 6.07) is 0. The van der Waals surface area contributed by atoms with Crippen LogP contribution in [0.3, 0.4) is 0 Å². The van der Waals surface area contributed by atoms with Crippen molar-refractivity contribution in [1.29, 1.82) is 0 Å². The minimum absolute atomic E-state index is 0.0136. The van der Waals surface area contributed by atoms with Gasteiger partial charge in [0.15, 0.2) is 0 Å². The monoisotopic (exact) mass is 182 g/mol. The van der Waals surface area contributed by atoms with Crippen molar-refractivity contribution in [2.24, 2.45) is 7.05 Å². The van der Waals surface area contributed by atoms with E-state index in [0.29, 0.717) is 5.69 Å². The van der Waals surface area contributed by atoms with Crippen LogP contribution in [0.15, 0.2) is 0 Å². The average molecular weight is 182 g/mol. The van der Waals surface area contributed by atoms with E-state index in [-0.39, 0.29) is 6.42 Å². The molecule has 0 bridgehead atoms. The van der Waals surface area contributed by atoms with E-state index in [4.69, 9.17) is 5.11 Å². The zero-order valence-electron chi connectivity index (χ0n) is 8.16. The van der Waals surface area contributed by atoms with E-state index >= 15 is 0 Å². The molecule has 0 saturated carbocycles. The molecule has 0 amide bonds. The molecule has 13 heavy (non-hydrogen) atoms. The smallest absolute Gasteiger partial charge is 0.309 e. The lowest BCUT2D eigenvalue weighted by Crippen LogP contribution is -2.02. The highest BCUT2D eigenvalue weighted by Gasteiger charge is 2.11. The summed E-state index contributed by atoms with van der Waals surface area (Å²) in [5.41, 5.74) is 1.62. The number of carbonyl (C=O) groups is 1. The summed E-state index contributed by atoms with van der Waals surface area (Å²) < 4.78 is 1.94. The van der Waals surface area contributed by atoms with Crippen molar-refractivity contribution < 1.29 is 9.90 Å². The number of hydrogen-bond acceptors (Lipinski definition) is 2. The van der Waals surface area contributed by atoms with E-state index in [1.54, 1.807) is 0 Å². The summed E-state index contributed by atoms with van der Waals surface area (Å²) >= 11 is 0. The minimum Gasteiger partial charge on any atom is -0.481 e. The van der Waals surface area contributed by atoms with Crippen molar-refractivity contribution in [2.75, 3.05) is 0 Å². The largest absolute Gasteiger partial charge is 0.481 e. The van der Waals surface area contributed by atoms with Crippen LogP contribution in [-0.2, 0) is 24.7 Å². The van der Waals surface area contributed by atoms with Crippen molar-refractivity contribution in [1.82, 2.24) is 9.55 Å². The Morgan fingerprint density at radius 1 is 1.62 bits per heavy atom. The molecule has 0 radical (unpaired) electrons. The van der Waals surface area contributed by atoms with Crippen LogP contribution in [0.1, 0.15) is 24.1 Å². The molecule has 1 aromatic heterocycles. The maximum Gasteiger partial charge on any atom is 0.309 e. The van der Waals surface area contributed by atoms with Gasteiger partial charge in [-0.2, -0.15) is 0 Å². The van der Waals surface area contributed by atoms with Crippen LogP contribution in [0.25, 0.3) is 0 Å². The predicted molar refractivity (Wildman–Crippen MR) is 48.7 cm³/mol. The second-order valence-corrected chi connectivity index (χ2v) is 3.04. The molecule has 0 aliphatic heterocycles. The second kappa shape index (κ2) is 3.60. The van der Waals surface area contributed by atoms with Gasteiger partial charge >= 0.3 is 5.97 Å². The summed E-state index contributed by atoms with van der Waals surface area (Å²) in [7, 11) is 1.91. The van der Waals surface area contributed by atoms with Crippen LogP contribution in [0.5, 0.6) is 0 Å². The number of aliphatic carboxylic acids is 1. The van der Waals surface area contributed by atoms with E-state index in [2.05, 4.69) is 4.98 Å². The Morgan fingerprint density at radius 2 is 2.23 bits per heavy atom. The Bertz CT molecular complexity index is 329. The molecule has 0 aliphatic rings. The van der Waals surface area contributed by atoms with Gasteiger partial charge in [0.1, 0.15) is 5.82 Å². The quantitative estimate of drug-likeness (QED) is 0.756. The number of nitrogens with zero attached hydrogens (tertiary/aromatic N) is 2. The highest BCUT2D eigenvalue weighted by Crippen LogP contribution is 2.10. The molecule has 0 saturated heterocycles. The van der Waals surface area contributed by atoms with Gasteiger partial charge in [-0.1, -0.05) is 6.92 Å². The van der Waals surface area contributed by atoms with Crippen LogP contribution >= 0.6 is 0 Å². The topological polar surface area (TPSA) is 55.1 Å². The van der Waals surface area contributed by atoms with Crippen LogP contribution < -0.4 is 0 Å². The summed E-state index contributed by atoms with van der Waals surface area (Å²) in [6.07, 6.45) is 0.844. The van der Waals surface area contributed by atoms with Crippen molar-refractivity contribution in [3.63, 3.8) is 0 Å². The van der Waals surface area contributed by atoms with Crippen molar-refractivity contribution >= 4 is 5.97 Å². The first-order chi connectivity index (χ1) is 6.06. The first kappa shape index (κ1) is 9.77. The lowest BCUT2D eigenvalue weighted by atomic mass is 10.2. The molecule has 1 heterocycles. The maximum atomic E-state index is 10.5. The molecule has 1 aromatic rings. The van der Waals surface area contributed by atoms with E-state index in [9.17, 15) is 4.79 Å². The number of imidazole rings is 1. The summed E-state index contributed by atoms with van der Waals surface area (Å²) in [5.74, 6) is 0.109. The molecule has 0 aromatic carbocycles. The van der Waals surface area contributed by atoms with Gasteiger partial charge in [0.05, 0.1) is 12.1 Å². The number of aromatic nitrogens is 2. The Balaban J connectivity index is 3.02. The minimum atomic E-state index is -0.830. The fraction of sp³-hybridized carbons (Fsp3) is 0.556. The SMILES string of the molecule is CCc1nc(CC(=O)O)c(C)n1C. The summed E-state index contributed by atoms with van der Waals surface area (Å²) in [4.78, 5) is 14.7. The second-order valence-electron chi connectivity index (χ2n) is 3.04. The lowest BCUT2D eigenvalue weighted by Gasteiger charge is -1.98. The van der Waals surface area contributed by atoms with Gasteiger partial charge in [-0.05, 0) is 6.92 Å². The number of carboxylic acid groups (broad SMARTS) is 1. The van der Waals surface area contributed by atoms with E-state index in [1.165, 1.54) is 0 Å². The van der Waals surface area contributed by atoms with Crippen LogP contribution in [0.2, 0.25) is 0 Å². The summed E-state index contributed by atoms with van der Waals surface area (Å²) in [5, 5.41) is 8.61. The first-order valence-electron chi connectivity index (χ1n) is 4.29. The highest BCUT2D eigenvalue weighted by atomic mass is 16.4.